The van der Waals surface area contributed by atoms with E-state index in [4.69, 9.17) is 0 Å². The van der Waals surface area contributed by atoms with Gasteiger partial charge in [-0.25, -0.2) is 4.98 Å². The van der Waals surface area contributed by atoms with Gasteiger partial charge in [0.25, 0.3) is 5.56 Å². The third kappa shape index (κ3) is 1.82. The largest absolute Gasteiger partial charge is 0.512 e. The molecule has 1 aliphatic carbocycles. The topological polar surface area (TPSA) is 67.3 Å². The number of aryl methyl sites for hydroxylation is 1. The predicted molar refractivity (Wildman–Crippen MR) is 97.6 cm³/mol. The zero-order chi connectivity index (χ0) is 17.2. The summed E-state index contributed by atoms with van der Waals surface area (Å²) in [6, 6.07) is 8.94. The lowest BCUT2D eigenvalue weighted by Gasteiger charge is -2.09. The van der Waals surface area contributed by atoms with E-state index in [2.05, 4.69) is 20.9 Å². The lowest BCUT2D eigenvalue weighted by Crippen LogP contribution is -2.32. The van der Waals surface area contributed by atoms with E-state index < -0.39 is 5.56 Å². The maximum atomic E-state index is 13.0. The molecule has 118 valence electrons. The van der Waals surface area contributed by atoms with Crippen LogP contribution in [0.1, 0.15) is 12.5 Å². The Hall–Kier alpha value is -2.53. The van der Waals surface area contributed by atoms with Crippen LogP contribution in [0.4, 0.5) is 0 Å². The highest BCUT2D eigenvalue weighted by Crippen LogP contribution is 2.26. The van der Waals surface area contributed by atoms with E-state index in [1.807, 2.05) is 13.0 Å². The van der Waals surface area contributed by atoms with Gasteiger partial charge >= 0.3 is 0 Å². The first-order chi connectivity index (χ1) is 11.4. The van der Waals surface area contributed by atoms with E-state index in [-0.39, 0.29) is 16.4 Å². The van der Waals surface area contributed by atoms with Gasteiger partial charge in [-0.3, -0.25) is 9.59 Å². The molecule has 24 heavy (non-hydrogen) atoms. The summed E-state index contributed by atoms with van der Waals surface area (Å²) < 4.78 is 0.662. The van der Waals surface area contributed by atoms with Gasteiger partial charge in [0.05, 0.1) is 10.7 Å². The minimum absolute atomic E-state index is 0.0999. The molecular formula is C19H12BrNO3. The normalized spacial score (nSPS) is 13.1. The number of rotatable bonds is 0. The van der Waals surface area contributed by atoms with Crippen molar-refractivity contribution in [3.8, 4) is 0 Å². The molecule has 2 aromatic rings. The molecule has 4 nitrogen and oxygen atoms in total. The Kier molecular flexibility index (Phi) is 3.12. The van der Waals surface area contributed by atoms with Crippen LogP contribution >= 0.6 is 15.9 Å². The standard InChI is InChI=1S/C19H12BrNO3/c1-8-7-12(20)15-16-14(10-5-3-4-6-11(10)18(15)23)13(9(2)22)19(24)21-17(8)16/h3-7,22H,1-2H3/b13-9-. The third-order valence-corrected chi connectivity index (χ3v) is 5.02. The van der Waals surface area contributed by atoms with Crippen molar-refractivity contribution in [3.63, 3.8) is 0 Å². The quantitative estimate of drug-likeness (QED) is 0.508. The molecule has 4 rings (SSSR count). The SMILES string of the molecule is C/C(O)=c1/c(=O)nc2c(C)cc(Br)c3c2=c1c1ccccc1c3=O. The Morgan fingerprint density at radius 1 is 1.12 bits per heavy atom. The fourth-order valence-electron chi connectivity index (χ4n) is 3.40. The van der Waals surface area contributed by atoms with Crippen LogP contribution in [0.5, 0.6) is 0 Å². The van der Waals surface area contributed by atoms with Crippen molar-refractivity contribution >= 4 is 43.4 Å². The van der Waals surface area contributed by atoms with Crippen molar-refractivity contribution in [3.05, 3.63) is 76.6 Å². The first-order valence-electron chi connectivity index (χ1n) is 7.42. The average molecular weight is 382 g/mol. The van der Waals surface area contributed by atoms with Gasteiger partial charge in [0.1, 0.15) is 5.76 Å². The first-order valence-corrected chi connectivity index (χ1v) is 8.22. The van der Waals surface area contributed by atoms with Crippen LogP contribution in [0.15, 0.2) is 44.4 Å². The molecule has 1 heterocycles. The summed E-state index contributed by atoms with van der Waals surface area (Å²) in [5.74, 6) is -0.0999. The summed E-state index contributed by atoms with van der Waals surface area (Å²) in [6.45, 7) is 3.31. The summed E-state index contributed by atoms with van der Waals surface area (Å²) >= 11 is 3.47. The van der Waals surface area contributed by atoms with Crippen LogP contribution < -0.4 is 16.2 Å². The molecule has 0 fully saturated rings. The maximum Gasteiger partial charge on any atom is 0.281 e. The number of benzene rings is 2. The van der Waals surface area contributed by atoms with Crippen molar-refractivity contribution in [2.24, 2.45) is 0 Å². The number of aliphatic hydroxyl groups is 1. The van der Waals surface area contributed by atoms with Gasteiger partial charge in [0.15, 0.2) is 5.43 Å². The number of hydrogen-bond donors (Lipinski definition) is 1. The predicted octanol–water partition coefficient (Wildman–Crippen LogP) is 2.75. The summed E-state index contributed by atoms with van der Waals surface area (Å²) in [5.41, 5.74) is 0.698. The number of hydrogen-bond acceptors (Lipinski definition) is 4. The number of aromatic nitrogens is 1. The summed E-state index contributed by atoms with van der Waals surface area (Å²) in [4.78, 5) is 29.7. The second-order valence-electron chi connectivity index (χ2n) is 5.90. The van der Waals surface area contributed by atoms with Gasteiger partial charge in [-0.2, -0.15) is 0 Å². The molecule has 0 amide bonds. The van der Waals surface area contributed by atoms with E-state index in [0.29, 0.717) is 36.6 Å². The highest BCUT2D eigenvalue weighted by atomic mass is 79.9. The zero-order valence-electron chi connectivity index (χ0n) is 13.0. The monoisotopic (exact) mass is 381 g/mol. The fraction of sp³-hybridized carbons (Fsp3) is 0.105. The van der Waals surface area contributed by atoms with Gasteiger partial charge in [0.2, 0.25) is 0 Å². The van der Waals surface area contributed by atoms with E-state index in [1.54, 1.807) is 24.3 Å². The van der Waals surface area contributed by atoms with Crippen LogP contribution in [0, 0.1) is 17.4 Å². The Balaban J connectivity index is 2.73. The zero-order valence-corrected chi connectivity index (χ0v) is 14.6. The smallest absolute Gasteiger partial charge is 0.281 e. The van der Waals surface area contributed by atoms with Gasteiger partial charge in [-0.15, -0.1) is 0 Å². The molecule has 5 heteroatoms. The molecule has 0 atom stereocenters. The molecule has 0 unspecified atom stereocenters. The van der Waals surface area contributed by atoms with Crippen molar-refractivity contribution in [2.75, 3.05) is 0 Å². The van der Waals surface area contributed by atoms with Crippen LogP contribution in [-0.4, -0.2) is 10.1 Å². The van der Waals surface area contributed by atoms with Crippen molar-refractivity contribution in [2.45, 2.75) is 13.8 Å². The van der Waals surface area contributed by atoms with E-state index in [0.717, 1.165) is 5.56 Å². The number of fused-ring (bicyclic) bond motifs is 2. The molecule has 1 aliphatic heterocycles. The fourth-order valence-corrected chi connectivity index (χ4v) is 4.12. The van der Waals surface area contributed by atoms with E-state index in [1.165, 1.54) is 6.92 Å². The Labute approximate surface area is 144 Å². The molecule has 0 saturated heterocycles. The van der Waals surface area contributed by atoms with E-state index in [9.17, 15) is 14.7 Å². The Morgan fingerprint density at radius 3 is 2.46 bits per heavy atom. The second kappa shape index (κ2) is 4.98. The van der Waals surface area contributed by atoms with E-state index >= 15 is 0 Å². The van der Waals surface area contributed by atoms with Crippen molar-refractivity contribution in [1.82, 2.24) is 4.98 Å². The molecule has 2 aromatic carbocycles. The molecule has 0 saturated carbocycles. The third-order valence-electron chi connectivity index (χ3n) is 4.40. The van der Waals surface area contributed by atoms with Gasteiger partial charge in [-0.1, -0.05) is 24.3 Å². The Bertz CT molecular complexity index is 1370. The maximum absolute atomic E-state index is 13.0. The molecular weight excluding hydrogens is 370 g/mol. The average Bonchev–Trinajstić information content (AvgIpc) is 2.53. The second-order valence-corrected chi connectivity index (χ2v) is 6.76. The van der Waals surface area contributed by atoms with Gasteiger partial charge in [0, 0.05) is 25.7 Å². The van der Waals surface area contributed by atoms with Crippen LogP contribution in [-0.2, 0) is 0 Å². The molecule has 1 N–H and O–H groups in total. The molecule has 0 bridgehead atoms. The molecule has 0 spiro atoms. The van der Waals surface area contributed by atoms with Gasteiger partial charge < -0.3 is 5.11 Å². The van der Waals surface area contributed by atoms with Crippen LogP contribution in [0.2, 0.25) is 0 Å². The minimum Gasteiger partial charge on any atom is -0.512 e. The minimum atomic E-state index is -0.488. The lowest BCUT2D eigenvalue weighted by molar-refractivity contribution is 0.498. The summed E-state index contributed by atoms with van der Waals surface area (Å²) in [5, 5.41) is 13.1. The summed E-state index contributed by atoms with van der Waals surface area (Å²) in [6.07, 6.45) is 0. The highest BCUT2D eigenvalue weighted by molar-refractivity contribution is 9.10. The molecule has 2 aliphatic rings. The number of aliphatic hydroxyl groups excluding tert-OH is 1. The molecule has 0 aromatic heterocycles. The highest BCUT2D eigenvalue weighted by Gasteiger charge is 2.17. The van der Waals surface area contributed by atoms with Crippen molar-refractivity contribution < 1.29 is 5.11 Å². The first kappa shape index (κ1) is 15.0. The van der Waals surface area contributed by atoms with Crippen LogP contribution in [0.25, 0.3) is 27.4 Å². The number of nitrogens with zero attached hydrogens (tertiary/aromatic N) is 1. The Morgan fingerprint density at radius 2 is 1.79 bits per heavy atom. The lowest BCUT2D eigenvalue weighted by atomic mass is 9.97. The van der Waals surface area contributed by atoms with Crippen molar-refractivity contribution in [1.29, 1.82) is 0 Å². The number of halogens is 1. The van der Waals surface area contributed by atoms with Gasteiger partial charge in [-0.05, 0) is 46.8 Å². The summed E-state index contributed by atoms with van der Waals surface area (Å²) in [7, 11) is 0. The van der Waals surface area contributed by atoms with Crippen LogP contribution in [0.3, 0.4) is 0 Å². The molecule has 0 radical (unpaired) electrons.